The minimum absolute atomic E-state index is 0.279. The highest BCUT2D eigenvalue weighted by Gasteiger charge is 2.12. The molecule has 0 aliphatic rings. The smallest absolute Gasteiger partial charge is 0.148 e. The summed E-state index contributed by atoms with van der Waals surface area (Å²) in [7, 11) is 0. The maximum atomic E-state index is 8.77. The van der Waals surface area contributed by atoms with Crippen molar-refractivity contribution in [1.29, 1.82) is 0 Å². The zero-order valence-electron chi connectivity index (χ0n) is 6.51. The number of hydrogen-bond acceptors (Lipinski definition) is 4. The molecule has 0 amide bonds. The Hall–Kier alpha value is -1.52. The SMILES string of the molecule is Cc1cc(C(CO)N=[N+]=[N-])on1. The van der Waals surface area contributed by atoms with Crippen molar-refractivity contribution < 1.29 is 9.63 Å². The average Bonchev–Trinajstić information content (AvgIpc) is 2.47. The van der Waals surface area contributed by atoms with Crippen LogP contribution in [-0.4, -0.2) is 16.9 Å². The maximum absolute atomic E-state index is 8.77. The van der Waals surface area contributed by atoms with Crippen LogP contribution in [0.1, 0.15) is 17.5 Å². The molecular weight excluding hydrogens is 160 g/mol. The van der Waals surface area contributed by atoms with Crippen molar-refractivity contribution in [3.8, 4) is 0 Å². The van der Waals surface area contributed by atoms with E-state index in [0.29, 0.717) is 11.5 Å². The molecular formula is C6H8N4O2. The van der Waals surface area contributed by atoms with Gasteiger partial charge in [0.2, 0.25) is 0 Å². The third-order valence-electron chi connectivity index (χ3n) is 1.34. The van der Waals surface area contributed by atoms with Gasteiger partial charge in [-0.05, 0) is 12.5 Å². The lowest BCUT2D eigenvalue weighted by Crippen LogP contribution is -1.97. The second-order valence-electron chi connectivity index (χ2n) is 2.27. The van der Waals surface area contributed by atoms with Crippen molar-refractivity contribution in [2.45, 2.75) is 13.0 Å². The van der Waals surface area contributed by atoms with Crippen LogP contribution in [0.4, 0.5) is 0 Å². The van der Waals surface area contributed by atoms with Gasteiger partial charge in [0.25, 0.3) is 0 Å². The Morgan fingerprint density at radius 3 is 3.08 bits per heavy atom. The topological polar surface area (TPSA) is 95.0 Å². The molecule has 6 heteroatoms. The maximum Gasteiger partial charge on any atom is 0.148 e. The predicted octanol–water partition coefficient (Wildman–Crippen LogP) is 1.33. The lowest BCUT2D eigenvalue weighted by molar-refractivity contribution is 0.240. The van der Waals surface area contributed by atoms with E-state index in [9.17, 15) is 0 Å². The number of nitrogens with zero attached hydrogens (tertiary/aromatic N) is 4. The Labute approximate surface area is 68.4 Å². The van der Waals surface area contributed by atoms with Crippen LogP contribution in [0.2, 0.25) is 0 Å². The van der Waals surface area contributed by atoms with Crippen LogP contribution >= 0.6 is 0 Å². The quantitative estimate of drug-likeness (QED) is 0.419. The van der Waals surface area contributed by atoms with Crippen molar-refractivity contribution in [3.63, 3.8) is 0 Å². The molecule has 0 aliphatic carbocycles. The Balaban J connectivity index is 2.86. The van der Waals surface area contributed by atoms with Gasteiger partial charge in [0, 0.05) is 11.0 Å². The van der Waals surface area contributed by atoms with Gasteiger partial charge in [-0.1, -0.05) is 10.3 Å². The first-order valence-electron chi connectivity index (χ1n) is 3.36. The van der Waals surface area contributed by atoms with Gasteiger partial charge >= 0.3 is 0 Å². The minimum Gasteiger partial charge on any atom is -0.395 e. The fraction of sp³-hybridized carbons (Fsp3) is 0.500. The molecule has 1 aromatic heterocycles. The van der Waals surface area contributed by atoms with Crippen LogP contribution in [0.5, 0.6) is 0 Å². The van der Waals surface area contributed by atoms with Gasteiger partial charge in [0.05, 0.1) is 12.3 Å². The molecule has 12 heavy (non-hydrogen) atoms. The standard InChI is InChI=1S/C6H8N4O2/c1-4-2-6(12-9-4)5(3-11)8-10-7/h2,5,11H,3H2,1H3. The van der Waals surface area contributed by atoms with Gasteiger partial charge in [0.1, 0.15) is 11.8 Å². The Morgan fingerprint density at radius 2 is 2.67 bits per heavy atom. The summed E-state index contributed by atoms with van der Waals surface area (Å²) in [5, 5.41) is 15.7. The Morgan fingerprint density at radius 1 is 1.92 bits per heavy atom. The van der Waals surface area contributed by atoms with E-state index in [1.807, 2.05) is 0 Å². The first-order chi connectivity index (χ1) is 5.77. The molecule has 0 saturated carbocycles. The zero-order valence-corrected chi connectivity index (χ0v) is 6.51. The molecule has 0 radical (unpaired) electrons. The zero-order chi connectivity index (χ0) is 8.97. The highest BCUT2D eigenvalue weighted by molar-refractivity contribution is 5.07. The summed E-state index contributed by atoms with van der Waals surface area (Å²) in [6.45, 7) is 1.47. The van der Waals surface area contributed by atoms with Gasteiger partial charge in [-0.2, -0.15) is 0 Å². The normalized spacial score (nSPS) is 12.2. The van der Waals surface area contributed by atoms with Gasteiger partial charge in [0.15, 0.2) is 0 Å². The van der Waals surface area contributed by atoms with Crippen LogP contribution in [0.25, 0.3) is 10.4 Å². The molecule has 0 aromatic carbocycles. The van der Waals surface area contributed by atoms with E-state index in [-0.39, 0.29) is 6.61 Å². The number of aliphatic hydroxyl groups is 1. The summed E-state index contributed by atoms with van der Waals surface area (Å²) in [6, 6.07) is 0.950. The second kappa shape index (κ2) is 3.75. The fourth-order valence-electron chi connectivity index (χ4n) is 0.786. The summed E-state index contributed by atoms with van der Waals surface area (Å²) in [4.78, 5) is 2.57. The number of aryl methyl sites for hydroxylation is 1. The molecule has 1 aromatic rings. The summed E-state index contributed by atoms with van der Waals surface area (Å²) in [5.41, 5.74) is 8.81. The number of aromatic nitrogens is 1. The highest BCUT2D eigenvalue weighted by Crippen LogP contribution is 2.17. The third-order valence-corrected chi connectivity index (χ3v) is 1.34. The highest BCUT2D eigenvalue weighted by atomic mass is 16.5. The molecule has 0 spiro atoms. The predicted molar refractivity (Wildman–Crippen MR) is 40.2 cm³/mol. The molecule has 1 N–H and O–H groups in total. The van der Waals surface area contributed by atoms with E-state index >= 15 is 0 Å². The molecule has 1 unspecified atom stereocenters. The lowest BCUT2D eigenvalue weighted by atomic mass is 10.2. The Bertz CT molecular complexity index is 302. The van der Waals surface area contributed by atoms with Crippen molar-refractivity contribution in [1.82, 2.24) is 5.16 Å². The molecule has 64 valence electrons. The van der Waals surface area contributed by atoms with Crippen LogP contribution in [0.3, 0.4) is 0 Å². The first-order valence-corrected chi connectivity index (χ1v) is 3.36. The fourth-order valence-corrected chi connectivity index (χ4v) is 0.786. The molecule has 1 rings (SSSR count). The molecule has 1 heterocycles. The van der Waals surface area contributed by atoms with Gasteiger partial charge in [-0.15, -0.1) is 0 Å². The number of aliphatic hydroxyl groups excluding tert-OH is 1. The monoisotopic (exact) mass is 168 g/mol. The van der Waals surface area contributed by atoms with Crippen LogP contribution in [0.15, 0.2) is 15.7 Å². The molecule has 0 saturated heterocycles. The Kier molecular flexibility index (Phi) is 2.68. The largest absolute Gasteiger partial charge is 0.395 e. The van der Waals surface area contributed by atoms with Crippen molar-refractivity contribution >= 4 is 0 Å². The van der Waals surface area contributed by atoms with Gasteiger partial charge in [-0.3, -0.25) is 0 Å². The summed E-state index contributed by atoms with van der Waals surface area (Å²) < 4.78 is 4.80. The van der Waals surface area contributed by atoms with E-state index in [1.54, 1.807) is 13.0 Å². The molecule has 1 atom stereocenters. The summed E-state index contributed by atoms with van der Waals surface area (Å²) in [6.07, 6.45) is 0. The van der Waals surface area contributed by atoms with E-state index in [1.165, 1.54) is 0 Å². The number of rotatable bonds is 3. The second-order valence-corrected chi connectivity index (χ2v) is 2.27. The molecule has 0 bridgehead atoms. The molecule has 0 fully saturated rings. The molecule has 0 aliphatic heterocycles. The number of hydrogen-bond donors (Lipinski definition) is 1. The summed E-state index contributed by atoms with van der Waals surface area (Å²) >= 11 is 0. The molecule has 6 nitrogen and oxygen atoms in total. The summed E-state index contributed by atoms with van der Waals surface area (Å²) in [5.74, 6) is 0.382. The van der Waals surface area contributed by atoms with E-state index in [2.05, 4.69) is 15.2 Å². The van der Waals surface area contributed by atoms with Crippen LogP contribution in [-0.2, 0) is 0 Å². The van der Waals surface area contributed by atoms with E-state index < -0.39 is 6.04 Å². The average molecular weight is 168 g/mol. The van der Waals surface area contributed by atoms with Crippen molar-refractivity contribution in [2.24, 2.45) is 5.11 Å². The van der Waals surface area contributed by atoms with Crippen LogP contribution in [0, 0.1) is 6.92 Å². The third kappa shape index (κ3) is 1.75. The first kappa shape index (κ1) is 8.58. The lowest BCUT2D eigenvalue weighted by Gasteiger charge is -1.99. The van der Waals surface area contributed by atoms with Crippen molar-refractivity contribution in [3.05, 3.63) is 28.0 Å². The van der Waals surface area contributed by atoms with E-state index in [0.717, 1.165) is 0 Å². The van der Waals surface area contributed by atoms with Crippen molar-refractivity contribution in [2.75, 3.05) is 6.61 Å². The van der Waals surface area contributed by atoms with Crippen LogP contribution < -0.4 is 0 Å². The van der Waals surface area contributed by atoms with E-state index in [4.69, 9.17) is 15.2 Å². The van der Waals surface area contributed by atoms with Gasteiger partial charge < -0.3 is 9.63 Å². The number of azide groups is 1. The minimum atomic E-state index is -0.670. The van der Waals surface area contributed by atoms with Gasteiger partial charge in [-0.25, -0.2) is 0 Å².